The Kier molecular flexibility index (Phi) is 4.49. The van der Waals surface area contributed by atoms with Crippen molar-refractivity contribution < 1.29 is 4.79 Å². The molecule has 5 nitrogen and oxygen atoms in total. The van der Waals surface area contributed by atoms with Gasteiger partial charge in [-0.2, -0.15) is 10.5 Å². The van der Waals surface area contributed by atoms with Crippen LogP contribution in [-0.4, -0.2) is 16.2 Å². The SMILES string of the molecule is N#CC1=C(N)N2C(=O)C(=Cc3ccccc3)SC2C(C#N)=C1c1ccccc1. The third kappa shape index (κ3) is 2.77. The number of nitrogens with zero attached hydrogens (tertiary/aromatic N) is 3. The molecule has 2 aromatic rings. The second-order valence-corrected chi connectivity index (χ2v) is 7.33. The zero-order valence-electron chi connectivity index (χ0n) is 14.7. The second-order valence-electron chi connectivity index (χ2n) is 6.20. The van der Waals surface area contributed by atoms with Crippen molar-refractivity contribution in [3.63, 3.8) is 0 Å². The van der Waals surface area contributed by atoms with Crippen molar-refractivity contribution in [2.75, 3.05) is 0 Å². The summed E-state index contributed by atoms with van der Waals surface area (Å²) in [6.07, 6.45) is 1.78. The molecule has 0 bridgehead atoms. The normalized spacial score (nSPS) is 20.2. The Hall–Kier alpha value is -3.74. The van der Waals surface area contributed by atoms with Gasteiger partial charge in [0, 0.05) is 5.57 Å². The summed E-state index contributed by atoms with van der Waals surface area (Å²) in [7, 11) is 0. The van der Waals surface area contributed by atoms with Gasteiger partial charge >= 0.3 is 0 Å². The van der Waals surface area contributed by atoms with Gasteiger partial charge in [-0.05, 0) is 17.2 Å². The molecule has 2 aliphatic heterocycles. The molecule has 28 heavy (non-hydrogen) atoms. The van der Waals surface area contributed by atoms with Gasteiger partial charge in [-0.1, -0.05) is 72.4 Å². The van der Waals surface area contributed by atoms with E-state index in [0.29, 0.717) is 16.1 Å². The minimum absolute atomic E-state index is 0.0827. The number of nitrogens with two attached hydrogens (primary N) is 1. The van der Waals surface area contributed by atoms with E-state index in [9.17, 15) is 15.3 Å². The van der Waals surface area contributed by atoms with Gasteiger partial charge in [-0.25, -0.2) is 0 Å². The van der Waals surface area contributed by atoms with Crippen molar-refractivity contribution >= 4 is 29.3 Å². The molecule has 134 valence electrons. The number of allylic oxidation sites excluding steroid dienone is 2. The van der Waals surface area contributed by atoms with Crippen LogP contribution in [0.1, 0.15) is 11.1 Å². The van der Waals surface area contributed by atoms with Gasteiger partial charge in [0.1, 0.15) is 22.8 Å². The maximum absolute atomic E-state index is 13.0. The molecule has 4 rings (SSSR count). The Bertz CT molecular complexity index is 1130. The van der Waals surface area contributed by atoms with Crippen LogP contribution in [0.5, 0.6) is 0 Å². The van der Waals surface area contributed by atoms with Gasteiger partial charge in [0.15, 0.2) is 0 Å². The van der Waals surface area contributed by atoms with Gasteiger partial charge < -0.3 is 5.73 Å². The van der Waals surface area contributed by atoms with Gasteiger partial charge in [0.25, 0.3) is 5.91 Å². The number of benzene rings is 2. The molecule has 0 spiro atoms. The molecule has 1 amide bonds. The Morgan fingerprint density at radius 3 is 2.25 bits per heavy atom. The summed E-state index contributed by atoms with van der Waals surface area (Å²) in [5, 5.41) is 19.0. The van der Waals surface area contributed by atoms with Crippen LogP contribution < -0.4 is 5.73 Å². The summed E-state index contributed by atoms with van der Waals surface area (Å²) in [5.74, 6) is -0.219. The quantitative estimate of drug-likeness (QED) is 0.801. The van der Waals surface area contributed by atoms with Crippen LogP contribution in [0.4, 0.5) is 0 Å². The molecule has 1 atom stereocenters. The number of amides is 1. The molecule has 0 radical (unpaired) electrons. The van der Waals surface area contributed by atoms with Crippen molar-refractivity contribution in [3.05, 3.63) is 93.7 Å². The highest BCUT2D eigenvalue weighted by molar-refractivity contribution is 8.05. The van der Waals surface area contributed by atoms with Crippen LogP contribution >= 0.6 is 11.8 Å². The summed E-state index contributed by atoms with van der Waals surface area (Å²) in [4.78, 5) is 14.8. The number of carbonyl (C=O) groups excluding carboxylic acids is 1. The fourth-order valence-electron chi connectivity index (χ4n) is 3.30. The minimum Gasteiger partial charge on any atom is -0.384 e. The molecule has 1 fully saturated rings. The van der Waals surface area contributed by atoms with Crippen LogP contribution in [0.15, 0.2) is 82.5 Å². The summed E-state index contributed by atoms with van der Waals surface area (Å²) >= 11 is 1.28. The predicted octanol–water partition coefficient (Wildman–Crippen LogP) is 3.61. The number of hydrogen-bond acceptors (Lipinski definition) is 5. The summed E-state index contributed by atoms with van der Waals surface area (Å²) in [6, 6.07) is 23.0. The summed E-state index contributed by atoms with van der Waals surface area (Å²) in [5.41, 5.74) is 8.85. The summed E-state index contributed by atoms with van der Waals surface area (Å²) < 4.78 is 0. The number of rotatable bonds is 2. The third-order valence-corrected chi connectivity index (χ3v) is 5.79. The number of fused-ring (bicyclic) bond motifs is 1. The van der Waals surface area contributed by atoms with Crippen molar-refractivity contribution in [1.82, 2.24) is 4.90 Å². The van der Waals surface area contributed by atoms with Gasteiger partial charge in [-0.3, -0.25) is 9.69 Å². The van der Waals surface area contributed by atoms with E-state index in [2.05, 4.69) is 12.1 Å². The highest BCUT2D eigenvalue weighted by atomic mass is 32.2. The van der Waals surface area contributed by atoms with Crippen molar-refractivity contribution in [2.45, 2.75) is 5.37 Å². The number of nitriles is 2. The lowest BCUT2D eigenvalue weighted by Crippen LogP contribution is -2.40. The van der Waals surface area contributed by atoms with Crippen molar-refractivity contribution in [3.8, 4) is 12.1 Å². The maximum atomic E-state index is 13.0. The third-order valence-electron chi connectivity index (χ3n) is 4.58. The van der Waals surface area contributed by atoms with Gasteiger partial charge in [-0.15, -0.1) is 0 Å². The first-order valence-corrected chi connectivity index (χ1v) is 9.40. The van der Waals surface area contributed by atoms with Crippen LogP contribution in [0.2, 0.25) is 0 Å². The smallest absolute Gasteiger partial charge is 0.267 e. The molecule has 1 unspecified atom stereocenters. The molecule has 0 aliphatic carbocycles. The Labute approximate surface area is 166 Å². The van der Waals surface area contributed by atoms with E-state index in [0.717, 1.165) is 11.1 Å². The fourth-order valence-corrected chi connectivity index (χ4v) is 4.55. The van der Waals surface area contributed by atoms with Crippen LogP contribution in [0.25, 0.3) is 11.6 Å². The Morgan fingerprint density at radius 1 is 1.00 bits per heavy atom. The van der Waals surface area contributed by atoms with E-state index in [-0.39, 0.29) is 17.3 Å². The fraction of sp³-hybridized carbons (Fsp3) is 0.0455. The zero-order valence-corrected chi connectivity index (χ0v) is 15.5. The van der Waals surface area contributed by atoms with E-state index in [1.807, 2.05) is 60.7 Å². The number of carbonyl (C=O) groups is 1. The number of thioether (sulfide) groups is 1. The van der Waals surface area contributed by atoms with Crippen LogP contribution in [0.3, 0.4) is 0 Å². The molecule has 0 saturated carbocycles. The molecule has 2 N–H and O–H groups in total. The van der Waals surface area contributed by atoms with Crippen molar-refractivity contribution in [2.24, 2.45) is 5.73 Å². The molecule has 2 aliphatic rings. The monoisotopic (exact) mass is 382 g/mol. The van der Waals surface area contributed by atoms with E-state index in [1.54, 1.807) is 6.08 Å². The largest absolute Gasteiger partial charge is 0.384 e. The molecule has 1 saturated heterocycles. The minimum atomic E-state index is -0.584. The lowest BCUT2D eigenvalue weighted by atomic mass is 9.90. The topological polar surface area (TPSA) is 93.9 Å². The highest BCUT2D eigenvalue weighted by Crippen LogP contribution is 2.47. The molecular weight excluding hydrogens is 368 g/mol. The molecule has 2 heterocycles. The van der Waals surface area contributed by atoms with Crippen LogP contribution in [-0.2, 0) is 4.79 Å². The second kappa shape index (κ2) is 7.11. The lowest BCUT2D eigenvalue weighted by molar-refractivity contribution is -0.124. The maximum Gasteiger partial charge on any atom is 0.267 e. The van der Waals surface area contributed by atoms with Gasteiger partial charge in [0.05, 0.1) is 16.5 Å². The molecular formula is C22H14N4OS. The van der Waals surface area contributed by atoms with E-state index >= 15 is 0 Å². The zero-order chi connectivity index (χ0) is 19.7. The first kappa shape index (κ1) is 17.7. The standard InChI is InChI=1S/C22H14N4OS/c23-12-16-19(15-9-5-2-6-10-15)17(13-24)22-26(20(16)25)21(27)18(28-22)11-14-7-3-1-4-8-14/h1-11,22H,25H2. The molecule has 2 aromatic carbocycles. The predicted molar refractivity (Wildman–Crippen MR) is 108 cm³/mol. The molecule has 0 aromatic heterocycles. The van der Waals surface area contributed by atoms with Crippen molar-refractivity contribution in [1.29, 1.82) is 10.5 Å². The van der Waals surface area contributed by atoms with E-state index < -0.39 is 5.37 Å². The highest BCUT2D eigenvalue weighted by Gasteiger charge is 2.45. The van der Waals surface area contributed by atoms with E-state index in [4.69, 9.17) is 5.73 Å². The first-order chi connectivity index (χ1) is 13.7. The lowest BCUT2D eigenvalue weighted by Gasteiger charge is -2.30. The Balaban J connectivity index is 1.88. The van der Waals surface area contributed by atoms with Gasteiger partial charge in [0.2, 0.25) is 0 Å². The first-order valence-electron chi connectivity index (χ1n) is 8.52. The average molecular weight is 382 g/mol. The average Bonchev–Trinajstić information content (AvgIpc) is 3.05. The Morgan fingerprint density at radius 2 is 1.64 bits per heavy atom. The number of hydrogen-bond donors (Lipinski definition) is 1. The van der Waals surface area contributed by atoms with E-state index in [1.165, 1.54) is 16.7 Å². The summed E-state index contributed by atoms with van der Waals surface area (Å²) in [6.45, 7) is 0. The molecule has 6 heteroatoms. The van der Waals surface area contributed by atoms with Crippen LogP contribution in [0, 0.1) is 22.7 Å².